The number of carbonyl (C=O) groups excluding carboxylic acids is 5. The average Bonchev–Trinajstić information content (AvgIpc) is 2.83. The summed E-state index contributed by atoms with van der Waals surface area (Å²) in [6.07, 6.45) is -6.79. The summed E-state index contributed by atoms with van der Waals surface area (Å²) in [6.45, 7) is 1.48. The molecule has 1 aromatic carbocycles. The highest BCUT2D eigenvalue weighted by atomic mass is 19.4. The number of nitrogens with two attached hydrogens (primary N) is 2. The van der Waals surface area contributed by atoms with Crippen LogP contribution in [0.5, 0.6) is 0 Å². The van der Waals surface area contributed by atoms with E-state index in [9.17, 15) is 41.9 Å². The second-order valence-electron chi connectivity index (χ2n) is 8.36. The summed E-state index contributed by atoms with van der Waals surface area (Å²) in [7, 11) is 0. The van der Waals surface area contributed by atoms with Crippen molar-refractivity contribution in [2.75, 3.05) is 6.54 Å². The van der Waals surface area contributed by atoms with Gasteiger partial charge in [0.2, 0.25) is 11.8 Å². The Morgan fingerprint density at radius 2 is 1.64 bits per heavy atom. The molecule has 214 valence electrons. The number of carboxylic acids is 1. The van der Waals surface area contributed by atoms with Gasteiger partial charge >= 0.3 is 18.1 Å². The van der Waals surface area contributed by atoms with Gasteiger partial charge in [0.05, 0.1) is 19.0 Å². The van der Waals surface area contributed by atoms with E-state index in [-0.39, 0.29) is 12.3 Å². The topological polar surface area (TPSA) is 235 Å². The predicted molar refractivity (Wildman–Crippen MR) is 125 cm³/mol. The van der Waals surface area contributed by atoms with E-state index in [1.807, 2.05) is 5.32 Å². The van der Waals surface area contributed by atoms with Crippen LogP contribution in [0.1, 0.15) is 31.4 Å². The van der Waals surface area contributed by atoms with Crippen LogP contribution < -0.4 is 22.1 Å². The number of hydrogen-bond donors (Lipinski definition) is 6. The first-order valence-electron chi connectivity index (χ1n) is 11.1. The molecule has 0 aliphatic heterocycles. The lowest BCUT2D eigenvalue weighted by atomic mass is 10.0. The molecule has 4 amide bonds. The Hall–Kier alpha value is -4.54. The highest BCUT2D eigenvalue weighted by Crippen LogP contribution is 2.19. The van der Waals surface area contributed by atoms with Crippen LogP contribution in [-0.4, -0.2) is 76.4 Å². The van der Waals surface area contributed by atoms with Crippen molar-refractivity contribution in [3.63, 3.8) is 0 Å². The minimum Gasteiger partial charge on any atom is -0.481 e. The van der Waals surface area contributed by atoms with Crippen molar-refractivity contribution in [2.24, 2.45) is 17.4 Å². The number of nitrogens with one attached hydrogen (secondary N) is 3. The van der Waals surface area contributed by atoms with Crippen LogP contribution >= 0.6 is 0 Å². The number of nitrogens with zero attached hydrogens (tertiary/aromatic N) is 1. The van der Waals surface area contributed by atoms with Crippen molar-refractivity contribution in [2.45, 2.75) is 44.9 Å². The van der Waals surface area contributed by atoms with Gasteiger partial charge < -0.3 is 32.0 Å². The Bertz CT molecular complexity index is 1120. The van der Waals surface area contributed by atoms with Crippen LogP contribution in [-0.2, 0) is 40.0 Å². The van der Waals surface area contributed by atoms with E-state index in [1.54, 1.807) is 12.1 Å². The van der Waals surface area contributed by atoms with Gasteiger partial charge in [-0.1, -0.05) is 43.2 Å². The van der Waals surface area contributed by atoms with Gasteiger partial charge in [-0.3, -0.25) is 29.4 Å². The molecular formula is C22H27F3N6O8. The van der Waals surface area contributed by atoms with E-state index in [1.165, 1.54) is 12.1 Å². The lowest BCUT2D eigenvalue weighted by Crippen LogP contribution is -2.55. The van der Waals surface area contributed by atoms with Gasteiger partial charge in [-0.25, -0.2) is 4.79 Å². The number of halogens is 3. The molecule has 1 unspecified atom stereocenters. The van der Waals surface area contributed by atoms with Gasteiger partial charge in [0.25, 0.3) is 11.8 Å². The first-order valence-corrected chi connectivity index (χ1v) is 11.1. The van der Waals surface area contributed by atoms with E-state index in [0.29, 0.717) is 11.1 Å². The number of carboxylic acid groups (broad SMARTS) is 1. The molecule has 0 spiro atoms. The number of nitrogen functional groups attached to an aromatic ring is 1. The zero-order chi connectivity index (χ0) is 30.1. The van der Waals surface area contributed by atoms with Gasteiger partial charge in [0.15, 0.2) is 0 Å². The number of amidine groups is 1. The molecule has 2 atom stereocenters. The number of hydrogen-bond acceptors (Lipinski definition) is 9. The molecule has 1 rings (SSSR count). The number of rotatable bonds is 11. The summed E-state index contributed by atoms with van der Waals surface area (Å²) in [5, 5.41) is 19.9. The Balaban J connectivity index is 2.90. The molecule has 0 aliphatic carbocycles. The first kappa shape index (κ1) is 32.5. The van der Waals surface area contributed by atoms with Crippen LogP contribution in [0.2, 0.25) is 0 Å². The van der Waals surface area contributed by atoms with Gasteiger partial charge in [0.1, 0.15) is 11.9 Å². The van der Waals surface area contributed by atoms with Crippen molar-refractivity contribution in [3.8, 4) is 0 Å². The summed E-state index contributed by atoms with van der Waals surface area (Å²) in [5.74, 6) is -11.1. The zero-order valence-electron chi connectivity index (χ0n) is 20.7. The number of carbonyl (C=O) groups is 6. The Morgan fingerprint density at radius 3 is 2.10 bits per heavy atom. The van der Waals surface area contributed by atoms with Gasteiger partial charge in [-0.15, -0.1) is 0 Å². The minimum atomic E-state index is -5.60. The first-order chi connectivity index (χ1) is 17.9. The van der Waals surface area contributed by atoms with Crippen molar-refractivity contribution in [1.82, 2.24) is 15.7 Å². The van der Waals surface area contributed by atoms with Crippen molar-refractivity contribution < 1.29 is 51.9 Å². The standard InChI is InChI=1S/C22H27F3N6O8/c1-10(2)19(36)31(39-21(38)22(23,24)25)20(37)14(8-16(33)34)30-15(32)9-29-18(35)13(26)7-11-3-5-12(6-4-11)17(27)28/h3-6,10,13-14H,7-9,26H2,1-2H3,(H3,27,28)(H,29,35)(H,30,32)(H,33,34)/t13?,14-/m0/s1. The zero-order valence-corrected chi connectivity index (χ0v) is 20.7. The molecule has 8 N–H and O–H groups in total. The third-order valence-electron chi connectivity index (χ3n) is 4.79. The summed E-state index contributed by atoms with van der Waals surface area (Å²) >= 11 is 0. The summed E-state index contributed by atoms with van der Waals surface area (Å²) in [6, 6.07) is 2.93. The summed E-state index contributed by atoms with van der Waals surface area (Å²) < 4.78 is 37.9. The maximum absolute atomic E-state index is 12.7. The van der Waals surface area contributed by atoms with Crippen LogP contribution in [0.3, 0.4) is 0 Å². The maximum Gasteiger partial charge on any atom is 0.493 e. The van der Waals surface area contributed by atoms with Gasteiger partial charge in [-0.2, -0.15) is 13.2 Å². The van der Waals surface area contributed by atoms with Crippen LogP contribution in [0, 0.1) is 11.3 Å². The van der Waals surface area contributed by atoms with Gasteiger partial charge in [0, 0.05) is 11.5 Å². The molecule has 0 heterocycles. The van der Waals surface area contributed by atoms with E-state index in [2.05, 4.69) is 10.2 Å². The molecule has 0 saturated carbocycles. The molecule has 0 bridgehead atoms. The van der Waals surface area contributed by atoms with Crippen molar-refractivity contribution in [1.29, 1.82) is 5.41 Å². The third kappa shape index (κ3) is 10.4. The molecule has 1 aromatic rings. The number of alkyl halides is 3. The van der Waals surface area contributed by atoms with E-state index in [0.717, 1.165) is 13.8 Å². The number of hydroxylamine groups is 2. The molecule has 0 aliphatic rings. The SMILES string of the molecule is CC(C)C(=O)N(OC(=O)C(F)(F)F)C(=O)[C@H](CC(=O)O)NC(=O)CNC(=O)C(N)Cc1ccc(C(=N)N)cc1. The molecule has 39 heavy (non-hydrogen) atoms. The van der Waals surface area contributed by atoms with Crippen LogP contribution in [0.4, 0.5) is 13.2 Å². The predicted octanol–water partition coefficient (Wildman–Crippen LogP) is -1.05. The molecule has 0 radical (unpaired) electrons. The van der Waals surface area contributed by atoms with Gasteiger partial charge in [-0.05, 0) is 12.0 Å². The van der Waals surface area contributed by atoms with E-state index in [4.69, 9.17) is 22.0 Å². The van der Waals surface area contributed by atoms with E-state index >= 15 is 0 Å². The summed E-state index contributed by atoms with van der Waals surface area (Å²) in [5.41, 5.74) is 12.2. The quantitative estimate of drug-likeness (QED) is 0.109. The van der Waals surface area contributed by atoms with Crippen molar-refractivity contribution >= 4 is 41.4 Å². The van der Waals surface area contributed by atoms with Crippen LogP contribution in [0.15, 0.2) is 24.3 Å². The minimum absolute atomic E-state index is 0.0165. The third-order valence-corrected chi connectivity index (χ3v) is 4.79. The average molecular weight is 560 g/mol. The molecular weight excluding hydrogens is 533 g/mol. The molecule has 17 heteroatoms. The lowest BCUT2D eigenvalue weighted by Gasteiger charge is -2.25. The number of imide groups is 1. The fourth-order valence-corrected chi connectivity index (χ4v) is 2.79. The number of amides is 4. The Labute approximate surface area is 219 Å². The summed E-state index contributed by atoms with van der Waals surface area (Å²) in [4.78, 5) is 75.8. The smallest absolute Gasteiger partial charge is 0.481 e. The highest BCUT2D eigenvalue weighted by molar-refractivity contribution is 6.01. The Kier molecular flexibility index (Phi) is 11.5. The molecule has 0 fully saturated rings. The maximum atomic E-state index is 12.7. The van der Waals surface area contributed by atoms with Crippen molar-refractivity contribution in [3.05, 3.63) is 35.4 Å². The largest absolute Gasteiger partial charge is 0.493 e. The highest BCUT2D eigenvalue weighted by Gasteiger charge is 2.46. The van der Waals surface area contributed by atoms with E-state index < -0.39 is 77.8 Å². The number of benzene rings is 1. The fraction of sp³-hybridized carbons (Fsp3) is 0.409. The fourth-order valence-electron chi connectivity index (χ4n) is 2.79. The number of aliphatic carboxylic acids is 1. The van der Waals surface area contributed by atoms with Crippen LogP contribution in [0.25, 0.3) is 0 Å². The monoisotopic (exact) mass is 560 g/mol. The molecule has 0 saturated heterocycles. The molecule has 0 aromatic heterocycles. The lowest BCUT2D eigenvalue weighted by molar-refractivity contribution is -0.237. The second-order valence-corrected chi connectivity index (χ2v) is 8.36. The second kappa shape index (κ2) is 13.8. The normalized spacial score (nSPS) is 12.6. The molecule has 14 nitrogen and oxygen atoms in total. The Morgan fingerprint density at radius 1 is 1.08 bits per heavy atom.